The van der Waals surface area contributed by atoms with E-state index in [-0.39, 0.29) is 17.4 Å². The van der Waals surface area contributed by atoms with Gasteiger partial charge in [-0.1, -0.05) is 36.4 Å². The number of imidazole rings is 1. The summed E-state index contributed by atoms with van der Waals surface area (Å²) in [6.45, 7) is 4.35. The molecule has 0 atom stereocenters. The fourth-order valence-electron chi connectivity index (χ4n) is 5.35. The van der Waals surface area contributed by atoms with Crippen LogP contribution >= 0.6 is 0 Å². The number of carbonyl (C=O) groups is 2. The smallest absolute Gasteiger partial charge is 0.382 e. The van der Waals surface area contributed by atoms with Crippen molar-refractivity contribution in [2.24, 2.45) is 0 Å². The summed E-state index contributed by atoms with van der Waals surface area (Å²) in [6, 6.07) is 14.5. The van der Waals surface area contributed by atoms with Crippen molar-refractivity contribution in [1.82, 2.24) is 24.6 Å². The topological polar surface area (TPSA) is 130 Å². The normalized spacial score (nSPS) is 13.8. The molecule has 0 spiro atoms. The maximum atomic E-state index is 13.4. The predicted octanol–water partition coefficient (Wildman–Crippen LogP) is 5.15. The van der Waals surface area contributed by atoms with E-state index in [9.17, 15) is 22.8 Å². The molecule has 6 rings (SSSR count). The number of aryl methyl sites for hydroxylation is 1. The third-order valence-corrected chi connectivity index (χ3v) is 7.35. The minimum atomic E-state index is -4.53. The number of benzene rings is 3. The monoisotopic (exact) mass is 588 g/mol. The average Bonchev–Trinajstić information content (AvgIpc) is 3.35. The number of nitrogens with zero attached hydrogens (tertiary/aromatic N) is 4. The lowest BCUT2D eigenvalue weighted by Crippen LogP contribution is -2.46. The number of aromatic nitrogens is 3. The molecule has 1 aliphatic rings. The molecule has 1 saturated heterocycles. The van der Waals surface area contributed by atoms with Gasteiger partial charge < -0.3 is 26.6 Å². The molecule has 5 aromatic rings. The standard InChI is InChI=1S/C30H27F3N8O2/c1-17-37-25(26-27(34)36-16-24(41(17)26)28(42)40-13-11-35-12-14-40)22-9-10-23(21-8-3-2-7-20(21)22)39-29(43)38-19-6-4-5-18(15-19)30(31,32)33/h2-10,15-16,35H,11-14H2,1H3,(H2,34,36)(H2,38,39,43). The van der Waals surface area contributed by atoms with Crippen LogP contribution in [0.3, 0.4) is 0 Å². The van der Waals surface area contributed by atoms with Gasteiger partial charge in [0.05, 0.1) is 17.4 Å². The van der Waals surface area contributed by atoms with Crippen LogP contribution in [0.15, 0.2) is 66.9 Å². The highest BCUT2D eigenvalue weighted by Gasteiger charge is 2.30. The largest absolute Gasteiger partial charge is 0.416 e. The second-order valence-corrected chi connectivity index (χ2v) is 10.1. The molecule has 5 N–H and O–H groups in total. The Morgan fingerprint density at radius 2 is 1.72 bits per heavy atom. The van der Waals surface area contributed by atoms with E-state index >= 15 is 0 Å². The third kappa shape index (κ3) is 5.30. The first kappa shape index (κ1) is 28.0. The van der Waals surface area contributed by atoms with Crippen molar-refractivity contribution in [2.45, 2.75) is 13.1 Å². The van der Waals surface area contributed by atoms with Crippen LogP contribution in [0, 0.1) is 6.92 Å². The second kappa shape index (κ2) is 10.9. The minimum absolute atomic E-state index is 0.00217. The third-order valence-electron chi connectivity index (χ3n) is 7.35. The zero-order valence-corrected chi connectivity index (χ0v) is 23.0. The molecular formula is C30H27F3N8O2. The molecule has 0 saturated carbocycles. The van der Waals surface area contributed by atoms with E-state index in [2.05, 4.69) is 20.9 Å². The van der Waals surface area contributed by atoms with Gasteiger partial charge in [0.25, 0.3) is 5.91 Å². The van der Waals surface area contributed by atoms with Crippen molar-refractivity contribution in [3.63, 3.8) is 0 Å². The Morgan fingerprint density at radius 1 is 0.977 bits per heavy atom. The Kier molecular flexibility index (Phi) is 7.10. The van der Waals surface area contributed by atoms with Crippen LogP contribution in [0.25, 0.3) is 27.5 Å². The molecule has 220 valence electrons. The summed E-state index contributed by atoms with van der Waals surface area (Å²) in [5.74, 6) is 0.603. The fraction of sp³-hybridized carbons (Fsp3) is 0.200. The van der Waals surface area contributed by atoms with Crippen LogP contribution in [-0.2, 0) is 6.18 Å². The maximum absolute atomic E-state index is 13.4. The molecule has 13 heteroatoms. The Morgan fingerprint density at radius 3 is 2.47 bits per heavy atom. The van der Waals surface area contributed by atoms with Gasteiger partial charge in [-0.05, 0) is 36.6 Å². The van der Waals surface area contributed by atoms with Gasteiger partial charge in [0.15, 0.2) is 0 Å². The number of nitrogens with two attached hydrogens (primary N) is 1. The maximum Gasteiger partial charge on any atom is 0.416 e. The summed E-state index contributed by atoms with van der Waals surface area (Å²) in [4.78, 5) is 37.2. The van der Waals surface area contributed by atoms with Crippen molar-refractivity contribution in [2.75, 3.05) is 42.5 Å². The van der Waals surface area contributed by atoms with E-state index in [1.807, 2.05) is 18.2 Å². The van der Waals surface area contributed by atoms with Gasteiger partial charge in [0.1, 0.15) is 28.5 Å². The number of halogens is 3. The molecule has 0 unspecified atom stereocenters. The van der Waals surface area contributed by atoms with E-state index in [0.29, 0.717) is 65.5 Å². The molecule has 10 nitrogen and oxygen atoms in total. The first-order valence-corrected chi connectivity index (χ1v) is 13.5. The summed E-state index contributed by atoms with van der Waals surface area (Å²) < 4.78 is 41.1. The number of rotatable bonds is 4. The van der Waals surface area contributed by atoms with Crippen molar-refractivity contribution in [3.8, 4) is 11.3 Å². The average molecular weight is 589 g/mol. The zero-order valence-electron chi connectivity index (χ0n) is 23.0. The zero-order chi connectivity index (χ0) is 30.3. The summed E-state index contributed by atoms with van der Waals surface area (Å²) >= 11 is 0. The van der Waals surface area contributed by atoms with Crippen molar-refractivity contribution >= 4 is 45.4 Å². The van der Waals surface area contributed by atoms with Gasteiger partial charge in [-0.25, -0.2) is 14.8 Å². The van der Waals surface area contributed by atoms with Gasteiger partial charge in [-0.15, -0.1) is 0 Å². The fourth-order valence-corrected chi connectivity index (χ4v) is 5.35. The number of urea groups is 1. The van der Waals surface area contributed by atoms with E-state index in [0.717, 1.165) is 17.5 Å². The first-order chi connectivity index (χ1) is 20.6. The Balaban J connectivity index is 1.37. The predicted molar refractivity (Wildman–Crippen MR) is 158 cm³/mol. The van der Waals surface area contributed by atoms with Crippen LogP contribution in [0.4, 0.5) is 35.2 Å². The SMILES string of the molecule is Cc1nc(-c2ccc(NC(=O)Nc3cccc(C(F)(F)F)c3)c3ccccc23)c2c(N)ncc(C(=O)N3CCNCC3)n12. The Hall–Kier alpha value is -5.17. The lowest BCUT2D eigenvalue weighted by Gasteiger charge is -2.27. The molecule has 43 heavy (non-hydrogen) atoms. The first-order valence-electron chi connectivity index (χ1n) is 13.5. The van der Waals surface area contributed by atoms with Gasteiger partial charge in [0.2, 0.25) is 0 Å². The number of piperazine rings is 1. The molecule has 0 bridgehead atoms. The number of amides is 3. The molecule has 3 amide bonds. The van der Waals surface area contributed by atoms with Crippen LogP contribution in [0.5, 0.6) is 0 Å². The quantitative estimate of drug-likeness (QED) is 0.230. The van der Waals surface area contributed by atoms with Crippen LogP contribution < -0.4 is 21.7 Å². The lowest BCUT2D eigenvalue weighted by molar-refractivity contribution is -0.137. The molecule has 1 aliphatic heterocycles. The van der Waals surface area contributed by atoms with Crippen LogP contribution in [-0.4, -0.2) is 57.4 Å². The van der Waals surface area contributed by atoms with E-state index in [1.165, 1.54) is 18.3 Å². The minimum Gasteiger partial charge on any atom is -0.382 e. The molecule has 2 aromatic heterocycles. The van der Waals surface area contributed by atoms with Crippen molar-refractivity contribution in [1.29, 1.82) is 0 Å². The summed E-state index contributed by atoms with van der Waals surface area (Å²) in [5.41, 5.74) is 8.01. The van der Waals surface area contributed by atoms with E-state index in [4.69, 9.17) is 10.7 Å². The Bertz CT molecular complexity index is 1880. The molecular weight excluding hydrogens is 561 g/mol. The number of anilines is 3. The van der Waals surface area contributed by atoms with Crippen LogP contribution in [0.2, 0.25) is 0 Å². The molecule has 1 fully saturated rings. The molecule has 3 aromatic carbocycles. The lowest BCUT2D eigenvalue weighted by atomic mass is 10.00. The number of hydrogen-bond donors (Lipinski definition) is 4. The molecule has 0 aliphatic carbocycles. The van der Waals surface area contributed by atoms with E-state index < -0.39 is 17.8 Å². The number of nitrogens with one attached hydrogen (secondary N) is 3. The summed E-state index contributed by atoms with van der Waals surface area (Å²) in [7, 11) is 0. The van der Waals surface area contributed by atoms with Crippen molar-refractivity contribution < 1.29 is 22.8 Å². The van der Waals surface area contributed by atoms with Crippen molar-refractivity contribution in [3.05, 3.63) is 83.9 Å². The number of fused-ring (bicyclic) bond motifs is 2. The van der Waals surface area contributed by atoms with Gasteiger partial charge in [-0.2, -0.15) is 13.2 Å². The summed E-state index contributed by atoms with van der Waals surface area (Å²) in [6.07, 6.45) is -3.06. The number of alkyl halides is 3. The van der Waals surface area contributed by atoms with Crippen LogP contribution in [0.1, 0.15) is 21.9 Å². The highest BCUT2D eigenvalue weighted by Crippen LogP contribution is 2.37. The highest BCUT2D eigenvalue weighted by molar-refractivity contribution is 6.11. The highest BCUT2D eigenvalue weighted by atomic mass is 19.4. The summed E-state index contributed by atoms with van der Waals surface area (Å²) in [5, 5.41) is 9.83. The number of hydrogen-bond acceptors (Lipinski definition) is 6. The molecule has 0 radical (unpaired) electrons. The second-order valence-electron chi connectivity index (χ2n) is 10.1. The Labute approximate surface area is 243 Å². The van der Waals surface area contributed by atoms with Gasteiger partial charge >= 0.3 is 12.2 Å². The van der Waals surface area contributed by atoms with Gasteiger partial charge in [-0.3, -0.25) is 9.20 Å². The number of nitrogen functional groups attached to an aromatic ring is 1. The van der Waals surface area contributed by atoms with E-state index in [1.54, 1.807) is 34.4 Å². The number of carbonyl (C=O) groups excluding carboxylic acids is 2. The molecule has 3 heterocycles. The van der Waals surface area contributed by atoms with Gasteiger partial charge in [0, 0.05) is 42.8 Å².